The van der Waals surface area contributed by atoms with Gasteiger partial charge in [-0.3, -0.25) is 24.4 Å². The van der Waals surface area contributed by atoms with Crippen LogP contribution in [0.5, 0.6) is 0 Å². The molecule has 192 valence electrons. The Labute approximate surface area is 210 Å². The minimum Gasteiger partial charge on any atom is -0.444 e. The quantitative estimate of drug-likeness (QED) is 0.345. The Morgan fingerprint density at radius 1 is 1.11 bits per heavy atom. The van der Waals surface area contributed by atoms with Crippen molar-refractivity contribution < 1.29 is 19.1 Å². The normalized spacial score (nSPS) is 13.0. The van der Waals surface area contributed by atoms with Gasteiger partial charge in [-0.1, -0.05) is 40.5 Å². The Balaban J connectivity index is 1.66. The van der Waals surface area contributed by atoms with Crippen molar-refractivity contribution in [3.05, 3.63) is 49.1 Å². The van der Waals surface area contributed by atoms with E-state index in [9.17, 15) is 14.4 Å². The fourth-order valence-corrected chi connectivity index (χ4v) is 3.45. The zero-order valence-corrected chi connectivity index (χ0v) is 21.0. The van der Waals surface area contributed by atoms with E-state index in [-0.39, 0.29) is 0 Å². The first-order chi connectivity index (χ1) is 17.2. The van der Waals surface area contributed by atoms with Crippen molar-refractivity contribution in [1.82, 2.24) is 30.3 Å². The number of aromatic nitrogens is 5. The molecule has 0 radical (unpaired) electrons. The molecule has 0 aliphatic heterocycles. The lowest BCUT2D eigenvalue weighted by molar-refractivity contribution is -0.136. The van der Waals surface area contributed by atoms with Crippen molar-refractivity contribution in [2.75, 3.05) is 5.32 Å². The van der Waals surface area contributed by atoms with Crippen LogP contribution in [0.4, 0.5) is 10.6 Å². The van der Waals surface area contributed by atoms with Gasteiger partial charge in [-0.25, -0.2) is 4.79 Å². The van der Waals surface area contributed by atoms with Crippen LogP contribution in [-0.2, 0) is 20.9 Å². The van der Waals surface area contributed by atoms with Gasteiger partial charge < -0.3 is 15.4 Å². The molecule has 0 spiro atoms. The Hall–Kier alpha value is -4.02. The Kier molecular flexibility index (Phi) is 8.93. The summed E-state index contributed by atoms with van der Waals surface area (Å²) in [5.74, 6) is -1.30. The maximum absolute atomic E-state index is 12.9. The van der Waals surface area contributed by atoms with E-state index in [0.29, 0.717) is 25.2 Å². The van der Waals surface area contributed by atoms with Gasteiger partial charge >= 0.3 is 6.09 Å². The van der Waals surface area contributed by atoms with Crippen LogP contribution in [0, 0.1) is 5.41 Å². The topological polar surface area (TPSA) is 144 Å². The van der Waals surface area contributed by atoms with Crippen LogP contribution < -0.4 is 10.6 Å². The van der Waals surface area contributed by atoms with Gasteiger partial charge in [0, 0.05) is 35.6 Å². The average Bonchev–Trinajstić information content (AvgIpc) is 3.53. The summed E-state index contributed by atoms with van der Waals surface area (Å²) in [7, 11) is 0. The molecule has 0 bridgehead atoms. The number of rotatable bonds is 11. The number of alkyl carbamates (subject to hydrolysis) is 1. The van der Waals surface area contributed by atoms with E-state index in [4.69, 9.17) is 4.74 Å². The van der Waals surface area contributed by atoms with Crippen LogP contribution in [0.15, 0.2) is 49.1 Å². The molecule has 3 heterocycles. The molecule has 36 heavy (non-hydrogen) atoms. The number of anilines is 1. The summed E-state index contributed by atoms with van der Waals surface area (Å²) in [4.78, 5) is 42.1. The molecule has 3 N–H and O–H groups in total. The van der Waals surface area contributed by atoms with Crippen LogP contribution >= 0.6 is 0 Å². The maximum Gasteiger partial charge on any atom is 0.408 e. The van der Waals surface area contributed by atoms with Crippen molar-refractivity contribution >= 4 is 23.6 Å². The number of carbonyl (C=O) groups excluding carboxylic acids is 3. The van der Waals surface area contributed by atoms with E-state index in [1.807, 2.05) is 52.1 Å². The summed E-state index contributed by atoms with van der Waals surface area (Å²) < 4.78 is 7.48. The number of hydrogen-bond donors (Lipinski definition) is 3. The average molecular weight is 496 g/mol. The van der Waals surface area contributed by atoms with E-state index < -0.39 is 35.3 Å². The number of pyridine rings is 1. The lowest BCUT2D eigenvalue weighted by Gasteiger charge is -2.30. The summed E-state index contributed by atoms with van der Waals surface area (Å²) in [6, 6.07) is 6.13. The molecule has 2 amide bonds. The lowest BCUT2D eigenvalue weighted by Crippen LogP contribution is -2.48. The highest BCUT2D eigenvalue weighted by molar-refractivity contribution is 6.42. The third-order valence-corrected chi connectivity index (χ3v) is 5.61. The second-order valence-electron chi connectivity index (χ2n) is 9.55. The van der Waals surface area contributed by atoms with Crippen molar-refractivity contribution in [1.29, 1.82) is 0 Å². The first-order valence-corrected chi connectivity index (χ1v) is 11.9. The molecule has 2 unspecified atom stereocenters. The predicted molar refractivity (Wildman–Crippen MR) is 134 cm³/mol. The van der Waals surface area contributed by atoms with Gasteiger partial charge in [0.1, 0.15) is 18.0 Å². The largest absolute Gasteiger partial charge is 0.444 e. The zero-order valence-electron chi connectivity index (χ0n) is 21.0. The van der Waals surface area contributed by atoms with Crippen molar-refractivity contribution in [3.8, 4) is 11.3 Å². The summed E-state index contributed by atoms with van der Waals surface area (Å²) in [6.07, 6.45) is 7.13. The number of Topliss-reactive ketones (excluding diaryl/α,β-unsaturated/α-hetero) is 1. The van der Waals surface area contributed by atoms with Gasteiger partial charge in [-0.2, -0.15) is 10.2 Å². The molecule has 3 aromatic rings. The van der Waals surface area contributed by atoms with Gasteiger partial charge in [-0.15, -0.1) is 0 Å². The third kappa shape index (κ3) is 7.49. The molecule has 0 aliphatic carbocycles. The molecular formula is C25H33N7O4. The van der Waals surface area contributed by atoms with Crippen LogP contribution in [0.3, 0.4) is 0 Å². The van der Waals surface area contributed by atoms with Crippen LogP contribution in [0.2, 0.25) is 0 Å². The number of H-pyrrole nitrogens is 1. The molecule has 11 heteroatoms. The fraction of sp³-hybridized carbons (Fsp3) is 0.440. The number of ether oxygens (including phenoxy) is 1. The molecule has 11 nitrogen and oxygen atoms in total. The minimum absolute atomic E-state index is 0.295. The first-order valence-electron chi connectivity index (χ1n) is 11.9. The summed E-state index contributed by atoms with van der Waals surface area (Å²) >= 11 is 0. The highest BCUT2D eigenvalue weighted by Gasteiger charge is 2.32. The number of nitrogens with one attached hydrogen (secondary N) is 3. The van der Waals surface area contributed by atoms with Crippen LogP contribution in [0.1, 0.15) is 47.0 Å². The van der Waals surface area contributed by atoms with Gasteiger partial charge in [0.15, 0.2) is 0 Å². The van der Waals surface area contributed by atoms with Gasteiger partial charge in [-0.05, 0) is 24.6 Å². The molecule has 0 aromatic carbocycles. The van der Waals surface area contributed by atoms with E-state index in [2.05, 4.69) is 30.9 Å². The van der Waals surface area contributed by atoms with Crippen molar-refractivity contribution in [2.45, 2.75) is 65.6 Å². The van der Waals surface area contributed by atoms with Crippen LogP contribution in [0.25, 0.3) is 11.3 Å². The van der Waals surface area contributed by atoms with Crippen molar-refractivity contribution in [3.63, 3.8) is 0 Å². The monoisotopic (exact) mass is 495 g/mol. The highest BCUT2D eigenvalue weighted by atomic mass is 16.6. The number of carbonyl (C=O) groups is 3. The van der Waals surface area contributed by atoms with E-state index in [1.165, 1.54) is 12.3 Å². The Bertz CT molecular complexity index is 1140. The molecule has 3 aromatic heterocycles. The number of hydrogen-bond acceptors (Lipinski definition) is 7. The van der Waals surface area contributed by atoms with Gasteiger partial charge in [0.05, 0.1) is 18.4 Å². The maximum atomic E-state index is 12.9. The zero-order chi connectivity index (χ0) is 26.1. The SMILES string of the molecule is CCCCC(NC(=O)OC(Cn1ccc(-c2ccncc2)n1)C(C)(C)C)C(=O)C(=O)Nc1ccn[nH]1. The first kappa shape index (κ1) is 26.6. The second kappa shape index (κ2) is 12.1. The molecule has 3 rings (SSSR count). The number of nitrogens with zero attached hydrogens (tertiary/aromatic N) is 4. The molecule has 2 atom stereocenters. The minimum atomic E-state index is -1.01. The fourth-order valence-electron chi connectivity index (χ4n) is 3.45. The number of aromatic amines is 1. The smallest absolute Gasteiger partial charge is 0.408 e. The molecule has 0 saturated carbocycles. The third-order valence-electron chi connectivity index (χ3n) is 5.61. The number of unbranched alkanes of at least 4 members (excludes halogenated alkanes) is 1. The van der Waals surface area contributed by atoms with E-state index >= 15 is 0 Å². The number of ketones is 1. The van der Waals surface area contributed by atoms with Crippen molar-refractivity contribution in [2.24, 2.45) is 5.41 Å². The van der Waals surface area contributed by atoms with Crippen LogP contribution in [-0.4, -0.2) is 54.9 Å². The highest BCUT2D eigenvalue weighted by Crippen LogP contribution is 2.25. The summed E-state index contributed by atoms with van der Waals surface area (Å²) in [5.41, 5.74) is 1.30. The Morgan fingerprint density at radius 3 is 2.50 bits per heavy atom. The Morgan fingerprint density at radius 2 is 1.86 bits per heavy atom. The molecule has 0 aliphatic rings. The van der Waals surface area contributed by atoms with Gasteiger partial charge in [0.25, 0.3) is 5.91 Å². The van der Waals surface area contributed by atoms with E-state index in [1.54, 1.807) is 17.1 Å². The molecule has 0 saturated heterocycles. The molecular weight excluding hydrogens is 462 g/mol. The standard InChI is InChI=1S/C25H33N7O4/c1-5-6-7-19(22(33)23(34)29-21-10-14-27-30-21)28-24(35)36-20(25(2,3)4)16-32-15-11-18(31-32)17-8-12-26-13-9-17/h8-15,19-20H,5-7,16H2,1-4H3,(H,28,35)(H2,27,29,30,34). The lowest BCUT2D eigenvalue weighted by atomic mass is 9.89. The summed E-state index contributed by atoms with van der Waals surface area (Å²) in [5, 5.41) is 15.9. The van der Waals surface area contributed by atoms with E-state index in [0.717, 1.165) is 17.7 Å². The second-order valence-corrected chi connectivity index (χ2v) is 9.55. The predicted octanol–water partition coefficient (Wildman–Crippen LogP) is 3.58. The molecule has 0 fully saturated rings. The number of amides is 2. The van der Waals surface area contributed by atoms with Gasteiger partial charge in [0.2, 0.25) is 5.78 Å². The summed E-state index contributed by atoms with van der Waals surface area (Å²) in [6.45, 7) is 8.14.